The van der Waals surface area contributed by atoms with Crippen molar-refractivity contribution in [1.29, 1.82) is 0 Å². The highest BCUT2D eigenvalue weighted by atomic mass is 19.1. The monoisotopic (exact) mass is 320 g/mol. The van der Waals surface area contributed by atoms with Crippen LogP contribution in [0.25, 0.3) is 0 Å². The molecule has 2 rings (SSSR count). The van der Waals surface area contributed by atoms with Crippen LogP contribution in [-0.2, 0) is 11.2 Å². The highest BCUT2D eigenvalue weighted by molar-refractivity contribution is 5.78. The number of likely N-dealkylation sites (N-methyl/N-ethyl adjacent to an activating group) is 1. The molecular weight excluding hydrogens is 291 g/mol. The van der Waals surface area contributed by atoms with Crippen LogP contribution in [0.15, 0.2) is 24.3 Å². The summed E-state index contributed by atoms with van der Waals surface area (Å²) in [6.45, 7) is 8.23. The Morgan fingerprint density at radius 2 is 1.96 bits per heavy atom. The van der Waals surface area contributed by atoms with E-state index in [2.05, 4.69) is 4.90 Å². The first-order valence-corrected chi connectivity index (χ1v) is 8.87. The van der Waals surface area contributed by atoms with Gasteiger partial charge in [-0.05, 0) is 69.7 Å². The topological polar surface area (TPSA) is 23.6 Å². The fraction of sp³-hybridized carbons (Fsp3) is 0.632. The molecule has 128 valence electrons. The summed E-state index contributed by atoms with van der Waals surface area (Å²) in [7, 11) is 0. The lowest BCUT2D eigenvalue weighted by Gasteiger charge is -2.33. The normalized spacial score (nSPS) is 18.8. The van der Waals surface area contributed by atoms with Crippen LogP contribution in [0.4, 0.5) is 4.39 Å². The second-order valence-corrected chi connectivity index (χ2v) is 6.47. The van der Waals surface area contributed by atoms with Crippen molar-refractivity contribution in [3.8, 4) is 0 Å². The number of hydrogen-bond donors (Lipinski definition) is 0. The minimum absolute atomic E-state index is 0.174. The zero-order valence-corrected chi connectivity index (χ0v) is 14.4. The lowest BCUT2D eigenvalue weighted by molar-refractivity contribution is -0.132. The third kappa shape index (κ3) is 5.61. The highest BCUT2D eigenvalue weighted by Crippen LogP contribution is 2.21. The first-order chi connectivity index (χ1) is 11.1. The van der Waals surface area contributed by atoms with Crippen molar-refractivity contribution >= 4 is 5.91 Å². The summed E-state index contributed by atoms with van der Waals surface area (Å²) in [4.78, 5) is 16.5. The van der Waals surface area contributed by atoms with Gasteiger partial charge >= 0.3 is 0 Å². The SMILES string of the molecule is CCN(CC)C(=O)CN1CCCC(CCc2ccc(F)cc2)C1. The van der Waals surface area contributed by atoms with Crippen LogP contribution in [0.1, 0.15) is 38.7 Å². The van der Waals surface area contributed by atoms with Gasteiger partial charge in [-0.25, -0.2) is 4.39 Å². The first kappa shape index (κ1) is 17.9. The van der Waals surface area contributed by atoms with Gasteiger partial charge in [-0.1, -0.05) is 12.1 Å². The van der Waals surface area contributed by atoms with Crippen molar-refractivity contribution in [2.45, 2.75) is 39.5 Å². The molecule has 1 amide bonds. The van der Waals surface area contributed by atoms with Gasteiger partial charge in [-0.3, -0.25) is 9.69 Å². The van der Waals surface area contributed by atoms with Gasteiger partial charge in [-0.2, -0.15) is 0 Å². The molecule has 1 aliphatic heterocycles. The number of amides is 1. The Hall–Kier alpha value is -1.42. The zero-order valence-electron chi connectivity index (χ0n) is 14.4. The summed E-state index contributed by atoms with van der Waals surface area (Å²) < 4.78 is 12.9. The Morgan fingerprint density at radius 3 is 2.61 bits per heavy atom. The fourth-order valence-electron chi connectivity index (χ4n) is 3.42. The van der Waals surface area contributed by atoms with E-state index in [1.54, 1.807) is 0 Å². The van der Waals surface area contributed by atoms with Crippen LogP contribution in [0.5, 0.6) is 0 Å². The molecule has 0 bridgehead atoms. The molecule has 1 heterocycles. The number of carbonyl (C=O) groups is 1. The summed E-state index contributed by atoms with van der Waals surface area (Å²) in [5.41, 5.74) is 1.20. The van der Waals surface area contributed by atoms with Gasteiger partial charge in [0.05, 0.1) is 6.54 Å². The van der Waals surface area contributed by atoms with Crippen molar-refractivity contribution in [2.24, 2.45) is 5.92 Å². The lowest BCUT2D eigenvalue weighted by atomic mass is 9.91. The van der Waals surface area contributed by atoms with Gasteiger partial charge in [0.15, 0.2) is 0 Å². The molecule has 23 heavy (non-hydrogen) atoms. The van der Waals surface area contributed by atoms with Crippen molar-refractivity contribution in [2.75, 3.05) is 32.7 Å². The van der Waals surface area contributed by atoms with Crippen LogP contribution in [-0.4, -0.2) is 48.4 Å². The van der Waals surface area contributed by atoms with Crippen molar-refractivity contribution < 1.29 is 9.18 Å². The predicted octanol–water partition coefficient (Wildman–Crippen LogP) is 3.34. The number of piperidine rings is 1. The highest BCUT2D eigenvalue weighted by Gasteiger charge is 2.22. The van der Waals surface area contributed by atoms with Gasteiger partial charge in [0, 0.05) is 19.6 Å². The minimum atomic E-state index is -0.174. The van der Waals surface area contributed by atoms with Gasteiger partial charge in [0.1, 0.15) is 5.82 Å². The quantitative estimate of drug-likeness (QED) is 0.769. The summed E-state index contributed by atoms with van der Waals surface area (Å²) >= 11 is 0. The summed E-state index contributed by atoms with van der Waals surface area (Å²) in [5, 5.41) is 0. The Kier molecular flexibility index (Phi) is 7.03. The molecule has 1 aromatic carbocycles. The molecule has 1 aliphatic rings. The molecule has 1 unspecified atom stereocenters. The Balaban J connectivity index is 1.78. The number of rotatable bonds is 7. The van der Waals surface area contributed by atoms with Gasteiger partial charge < -0.3 is 4.90 Å². The van der Waals surface area contributed by atoms with Crippen molar-refractivity contribution in [3.63, 3.8) is 0 Å². The Morgan fingerprint density at radius 1 is 1.26 bits per heavy atom. The first-order valence-electron chi connectivity index (χ1n) is 8.87. The van der Waals surface area contributed by atoms with E-state index in [4.69, 9.17) is 0 Å². The second kappa shape index (κ2) is 9.02. The standard InChI is InChI=1S/C19H29FN2O/c1-3-22(4-2)19(23)15-21-13-5-6-17(14-21)8-7-16-9-11-18(20)12-10-16/h9-12,17H,3-8,13-15H2,1-2H3. The summed E-state index contributed by atoms with van der Waals surface area (Å²) in [6.07, 6.45) is 4.50. The molecule has 0 spiro atoms. The fourth-order valence-corrected chi connectivity index (χ4v) is 3.42. The molecule has 3 nitrogen and oxygen atoms in total. The van der Waals surface area contributed by atoms with E-state index in [0.717, 1.165) is 39.0 Å². The molecule has 1 saturated heterocycles. The van der Waals surface area contributed by atoms with Crippen LogP contribution in [0, 0.1) is 11.7 Å². The smallest absolute Gasteiger partial charge is 0.236 e. The summed E-state index contributed by atoms with van der Waals surface area (Å²) in [6, 6.07) is 6.82. The van der Waals surface area contributed by atoms with E-state index in [9.17, 15) is 9.18 Å². The van der Waals surface area contributed by atoms with E-state index in [1.165, 1.54) is 30.5 Å². The molecule has 0 radical (unpaired) electrons. The average molecular weight is 320 g/mol. The van der Waals surface area contributed by atoms with Gasteiger partial charge in [-0.15, -0.1) is 0 Å². The number of carbonyl (C=O) groups excluding carboxylic acids is 1. The number of halogens is 1. The van der Waals surface area contributed by atoms with E-state index < -0.39 is 0 Å². The van der Waals surface area contributed by atoms with Crippen LogP contribution in [0.2, 0.25) is 0 Å². The molecule has 1 aromatic rings. The average Bonchev–Trinajstić information content (AvgIpc) is 2.56. The van der Waals surface area contributed by atoms with Crippen LogP contribution < -0.4 is 0 Å². The molecule has 1 fully saturated rings. The number of benzene rings is 1. The maximum absolute atomic E-state index is 12.9. The molecule has 1 atom stereocenters. The predicted molar refractivity (Wildman–Crippen MR) is 91.8 cm³/mol. The largest absolute Gasteiger partial charge is 0.342 e. The maximum atomic E-state index is 12.9. The number of nitrogens with zero attached hydrogens (tertiary/aromatic N) is 2. The van der Waals surface area contributed by atoms with Gasteiger partial charge in [0.2, 0.25) is 5.91 Å². The summed E-state index contributed by atoms with van der Waals surface area (Å²) in [5.74, 6) is 0.708. The van der Waals surface area contributed by atoms with E-state index >= 15 is 0 Å². The number of likely N-dealkylation sites (tertiary alicyclic amines) is 1. The number of hydrogen-bond acceptors (Lipinski definition) is 2. The lowest BCUT2D eigenvalue weighted by Crippen LogP contribution is -2.44. The van der Waals surface area contributed by atoms with E-state index in [-0.39, 0.29) is 11.7 Å². The molecule has 0 aliphatic carbocycles. The molecule has 0 N–H and O–H groups in total. The second-order valence-electron chi connectivity index (χ2n) is 6.47. The van der Waals surface area contributed by atoms with Crippen molar-refractivity contribution in [3.05, 3.63) is 35.6 Å². The number of aryl methyl sites for hydroxylation is 1. The van der Waals surface area contributed by atoms with E-state index in [1.807, 2.05) is 30.9 Å². The minimum Gasteiger partial charge on any atom is -0.342 e. The molecule has 0 saturated carbocycles. The van der Waals surface area contributed by atoms with Crippen molar-refractivity contribution in [1.82, 2.24) is 9.80 Å². The molecule has 0 aromatic heterocycles. The van der Waals surface area contributed by atoms with E-state index in [0.29, 0.717) is 12.5 Å². The third-order valence-electron chi connectivity index (χ3n) is 4.83. The third-order valence-corrected chi connectivity index (χ3v) is 4.83. The Bertz CT molecular complexity index is 485. The van der Waals surface area contributed by atoms with Gasteiger partial charge in [0.25, 0.3) is 0 Å². The molecular formula is C19H29FN2O. The maximum Gasteiger partial charge on any atom is 0.236 e. The van der Waals surface area contributed by atoms with Crippen LogP contribution >= 0.6 is 0 Å². The molecule has 4 heteroatoms. The van der Waals surface area contributed by atoms with Crippen LogP contribution in [0.3, 0.4) is 0 Å². The zero-order chi connectivity index (χ0) is 16.7. The Labute approximate surface area is 139 Å².